The van der Waals surface area contributed by atoms with E-state index in [2.05, 4.69) is 26.1 Å². The number of nitrogens with zero attached hydrogens (tertiary/aromatic N) is 4. The van der Waals surface area contributed by atoms with Gasteiger partial charge in [-0.2, -0.15) is 0 Å². The van der Waals surface area contributed by atoms with Gasteiger partial charge in [0.05, 0.1) is 24.6 Å². The number of benzene rings is 2. The molecule has 0 saturated carbocycles. The lowest BCUT2D eigenvalue weighted by atomic mass is 10.0. The van der Waals surface area contributed by atoms with Crippen LogP contribution in [0.1, 0.15) is 30.9 Å². The van der Waals surface area contributed by atoms with Crippen LogP contribution >= 0.6 is 11.8 Å². The first-order valence-corrected chi connectivity index (χ1v) is 13.6. The second kappa shape index (κ2) is 10.2. The summed E-state index contributed by atoms with van der Waals surface area (Å²) in [5.41, 5.74) is 3.14. The van der Waals surface area contributed by atoms with Gasteiger partial charge in [-0.3, -0.25) is 4.79 Å². The van der Waals surface area contributed by atoms with Crippen LogP contribution in [0.25, 0.3) is 5.70 Å². The highest BCUT2D eigenvalue weighted by molar-refractivity contribution is 8.04. The fourth-order valence-electron chi connectivity index (χ4n) is 4.58. The summed E-state index contributed by atoms with van der Waals surface area (Å²) in [5, 5.41) is 17.5. The van der Waals surface area contributed by atoms with E-state index in [0.717, 1.165) is 29.8 Å². The van der Waals surface area contributed by atoms with E-state index in [9.17, 15) is 13.6 Å². The van der Waals surface area contributed by atoms with E-state index in [1.807, 2.05) is 59.5 Å². The number of carbonyl (C=O) groups is 1. The number of anilines is 2. The Bertz CT molecular complexity index is 1480. The van der Waals surface area contributed by atoms with Gasteiger partial charge < -0.3 is 30.0 Å². The number of thioether (sulfide) groups is 1. The number of aliphatic imine (C=N–C) groups is 1. The van der Waals surface area contributed by atoms with Gasteiger partial charge in [0.2, 0.25) is 6.17 Å². The van der Waals surface area contributed by atoms with Crippen molar-refractivity contribution in [2.45, 2.75) is 30.8 Å². The van der Waals surface area contributed by atoms with Gasteiger partial charge in [0, 0.05) is 31.1 Å². The minimum atomic E-state index is -3.06. The molecule has 10 nitrogen and oxygen atoms in total. The fraction of sp³-hybridized carbons (Fsp3) is 0.333. The van der Waals surface area contributed by atoms with Crippen molar-refractivity contribution >= 4 is 40.8 Å². The maximum atomic E-state index is 14.6. The highest BCUT2D eigenvalue weighted by Crippen LogP contribution is 2.50. The van der Waals surface area contributed by atoms with Crippen molar-refractivity contribution in [2.24, 2.45) is 4.99 Å². The van der Waals surface area contributed by atoms with Gasteiger partial charge in [0.1, 0.15) is 10.7 Å². The Morgan fingerprint density at radius 2 is 1.82 bits per heavy atom. The monoisotopic (exact) mass is 567 g/mol. The maximum Gasteiger partial charge on any atom is 0.317 e. The SMILES string of the molecule is CC(F)(F)C1(C)NC(c2nnc(N[C@H]3N=C(c4ccccc4)c4ccccc4NC3=O)o2)=C(N2CCOCC2)S1. The van der Waals surface area contributed by atoms with Gasteiger partial charge in [-0.1, -0.05) is 65.4 Å². The van der Waals surface area contributed by atoms with Gasteiger partial charge in [0.25, 0.3) is 17.7 Å². The second-order valence-electron chi connectivity index (χ2n) is 9.77. The number of aromatic nitrogens is 2. The number of benzodiazepines with no additional fused rings is 1. The molecule has 2 atom stereocenters. The summed E-state index contributed by atoms with van der Waals surface area (Å²) in [5.74, 6) is -3.46. The lowest BCUT2D eigenvalue weighted by Crippen LogP contribution is -2.49. The highest BCUT2D eigenvalue weighted by atomic mass is 32.2. The minimum absolute atomic E-state index is 0.0223. The van der Waals surface area contributed by atoms with Crippen molar-refractivity contribution in [3.8, 4) is 0 Å². The second-order valence-corrected chi connectivity index (χ2v) is 11.2. The third-order valence-electron chi connectivity index (χ3n) is 6.91. The molecule has 0 aliphatic carbocycles. The molecule has 1 amide bonds. The molecule has 3 N–H and O–H groups in total. The van der Waals surface area contributed by atoms with Crippen molar-refractivity contribution < 1.29 is 22.7 Å². The first-order chi connectivity index (χ1) is 19.2. The molecule has 3 aliphatic rings. The quantitative estimate of drug-likeness (QED) is 0.407. The average molecular weight is 568 g/mol. The van der Waals surface area contributed by atoms with E-state index < -0.39 is 22.9 Å². The Hall–Kier alpha value is -3.97. The summed E-state index contributed by atoms with van der Waals surface area (Å²) < 4.78 is 40.6. The molecular weight excluding hydrogens is 540 g/mol. The van der Waals surface area contributed by atoms with Crippen LogP contribution in [0.15, 0.2) is 69.0 Å². The van der Waals surface area contributed by atoms with Crippen molar-refractivity contribution in [1.82, 2.24) is 20.4 Å². The van der Waals surface area contributed by atoms with E-state index in [1.165, 1.54) is 6.92 Å². The Balaban J connectivity index is 1.32. The molecule has 1 unspecified atom stereocenters. The van der Waals surface area contributed by atoms with Gasteiger partial charge in [-0.05, 0) is 13.0 Å². The van der Waals surface area contributed by atoms with Gasteiger partial charge in [0.15, 0.2) is 4.87 Å². The summed E-state index contributed by atoms with van der Waals surface area (Å²) in [6, 6.07) is 16.9. The molecule has 1 saturated heterocycles. The first kappa shape index (κ1) is 26.3. The van der Waals surface area contributed by atoms with Gasteiger partial charge in [-0.15, -0.1) is 5.10 Å². The molecule has 0 radical (unpaired) electrons. The predicted octanol–water partition coefficient (Wildman–Crippen LogP) is 3.96. The summed E-state index contributed by atoms with van der Waals surface area (Å²) in [6.45, 7) is 4.35. The molecule has 0 bridgehead atoms. The average Bonchev–Trinajstić information content (AvgIpc) is 3.53. The molecular formula is C27H27F2N7O3S. The number of hydrogen-bond acceptors (Lipinski definition) is 10. The zero-order valence-electron chi connectivity index (χ0n) is 21.8. The Morgan fingerprint density at radius 3 is 2.58 bits per heavy atom. The van der Waals surface area contributed by atoms with Crippen LogP contribution < -0.4 is 16.0 Å². The van der Waals surface area contributed by atoms with Crippen LogP contribution in [0, 0.1) is 0 Å². The molecule has 6 rings (SSSR count). The lowest BCUT2D eigenvalue weighted by molar-refractivity contribution is -0.116. The number of nitrogens with one attached hydrogen (secondary N) is 3. The standard InChI is InChI=1S/C27H27F2N7O3S/c1-26(28,29)27(2)33-20(24(40-27)36-12-14-38-15-13-36)23-34-35-25(39-23)32-21-22(37)30-18-11-7-6-10-17(18)19(31-21)16-8-4-3-5-9-16/h3-11,21,33H,12-15H2,1-2H3,(H,30,37)(H,32,35)/t21-,27?/m1/s1. The number of morpholine rings is 1. The Morgan fingerprint density at radius 1 is 1.10 bits per heavy atom. The van der Waals surface area contributed by atoms with Crippen LogP contribution in [0.5, 0.6) is 0 Å². The Labute approximate surface area is 233 Å². The number of rotatable bonds is 6. The molecule has 0 spiro atoms. The number of para-hydroxylation sites is 1. The minimum Gasteiger partial charge on any atom is -0.402 e. The molecule has 3 aliphatic heterocycles. The van der Waals surface area contributed by atoms with E-state index in [1.54, 1.807) is 0 Å². The molecule has 1 fully saturated rings. The third kappa shape index (κ3) is 4.90. The molecule has 40 heavy (non-hydrogen) atoms. The molecule has 2 aromatic carbocycles. The fourth-order valence-corrected chi connectivity index (χ4v) is 5.85. The number of halogens is 2. The normalized spacial score (nSPS) is 23.2. The zero-order chi connectivity index (χ0) is 27.9. The number of hydrogen-bond donors (Lipinski definition) is 3. The topological polar surface area (TPSA) is 117 Å². The molecule has 208 valence electrons. The summed E-state index contributed by atoms with van der Waals surface area (Å²) in [4.78, 5) is 18.2. The zero-order valence-corrected chi connectivity index (χ0v) is 22.6. The first-order valence-electron chi connectivity index (χ1n) is 12.8. The number of alkyl halides is 2. The van der Waals surface area contributed by atoms with Crippen LogP contribution in [-0.2, 0) is 9.53 Å². The van der Waals surface area contributed by atoms with Crippen molar-refractivity contribution in [3.05, 3.63) is 76.6 Å². The lowest BCUT2D eigenvalue weighted by Gasteiger charge is -2.33. The molecule has 3 aromatic rings. The van der Waals surface area contributed by atoms with Gasteiger partial charge >= 0.3 is 6.01 Å². The molecule has 1 aromatic heterocycles. The van der Waals surface area contributed by atoms with Gasteiger partial charge in [-0.25, -0.2) is 13.8 Å². The summed E-state index contributed by atoms with van der Waals surface area (Å²) >= 11 is 1.02. The van der Waals surface area contributed by atoms with Crippen molar-refractivity contribution in [1.29, 1.82) is 0 Å². The van der Waals surface area contributed by atoms with Crippen LogP contribution in [0.4, 0.5) is 20.5 Å². The van der Waals surface area contributed by atoms with E-state index in [4.69, 9.17) is 14.1 Å². The Kier molecular flexibility index (Phi) is 6.70. The molecule has 4 heterocycles. The van der Waals surface area contributed by atoms with Crippen LogP contribution in [-0.4, -0.2) is 70.0 Å². The van der Waals surface area contributed by atoms with E-state index in [0.29, 0.717) is 48.4 Å². The highest BCUT2D eigenvalue weighted by Gasteiger charge is 2.53. The molecule has 13 heteroatoms. The van der Waals surface area contributed by atoms with Crippen LogP contribution in [0.2, 0.25) is 0 Å². The largest absolute Gasteiger partial charge is 0.402 e. The van der Waals surface area contributed by atoms with Crippen molar-refractivity contribution in [2.75, 3.05) is 36.9 Å². The van der Waals surface area contributed by atoms with E-state index >= 15 is 0 Å². The summed E-state index contributed by atoms with van der Waals surface area (Å²) in [6.07, 6.45) is -1.10. The summed E-state index contributed by atoms with van der Waals surface area (Å²) in [7, 11) is 0. The van der Waals surface area contributed by atoms with Crippen molar-refractivity contribution in [3.63, 3.8) is 0 Å². The number of carbonyl (C=O) groups excluding carboxylic acids is 1. The van der Waals surface area contributed by atoms with Crippen LogP contribution in [0.3, 0.4) is 0 Å². The number of amides is 1. The number of ether oxygens (including phenoxy) is 1. The third-order valence-corrected chi connectivity index (χ3v) is 8.43. The smallest absolute Gasteiger partial charge is 0.317 e. The maximum absolute atomic E-state index is 14.6. The van der Waals surface area contributed by atoms with E-state index in [-0.39, 0.29) is 11.9 Å². The number of fused-ring (bicyclic) bond motifs is 1. The predicted molar refractivity (Wildman–Crippen MR) is 148 cm³/mol.